The van der Waals surface area contributed by atoms with Gasteiger partial charge in [-0.25, -0.2) is 0 Å². The molecular weight excluding hydrogens is 238 g/mol. The van der Waals surface area contributed by atoms with E-state index < -0.39 is 6.04 Å². The molecule has 4 aliphatic rings. The Bertz CT molecular complexity index is 328. The van der Waals surface area contributed by atoms with Crippen molar-refractivity contribution in [3.63, 3.8) is 0 Å². The average Bonchev–Trinajstić information content (AvgIpc) is 2.24. The number of hydrogen-bond acceptors (Lipinski definition) is 3. The average molecular weight is 265 g/mol. The number of carbonyl (C=O) groups excluding carboxylic acids is 1. The largest absolute Gasteiger partial charge is 0.458 e. The molecule has 3 heteroatoms. The second kappa shape index (κ2) is 4.76. The van der Waals surface area contributed by atoms with E-state index in [0.29, 0.717) is 5.92 Å². The molecule has 2 N–H and O–H groups in total. The maximum atomic E-state index is 12.2. The fourth-order valence-electron chi connectivity index (χ4n) is 5.05. The van der Waals surface area contributed by atoms with Crippen molar-refractivity contribution < 1.29 is 9.53 Å². The first-order chi connectivity index (χ1) is 8.96. The molecule has 0 radical (unpaired) electrons. The molecule has 4 rings (SSSR count). The van der Waals surface area contributed by atoms with Gasteiger partial charge < -0.3 is 10.5 Å². The van der Waals surface area contributed by atoms with Crippen molar-refractivity contribution in [1.29, 1.82) is 0 Å². The van der Waals surface area contributed by atoms with Crippen molar-refractivity contribution in [1.82, 2.24) is 0 Å². The van der Waals surface area contributed by atoms with E-state index in [1.165, 1.54) is 19.3 Å². The van der Waals surface area contributed by atoms with Gasteiger partial charge in [0.05, 0.1) is 0 Å². The number of esters is 1. The van der Waals surface area contributed by atoms with Gasteiger partial charge in [-0.2, -0.15) is 0 Å². The Labute approximate surface area is 116 Å². The standard InChI is InChI=1S/C16H27NO2/c1-10(2)3-14(17)15(18)19-16-7-11-4-12(8-16)6-13(5-11)9-16/h10-14H,3-9,17H2,1-2H3/t11?,12?,13?,14-,16?/m0/s1. The highest BCUT2D eigenvalue weighted by atomic mass is 16.6. The summed E-state index contributed by atoms with van der Waals surface area (Å²) in [7, 11) is 0. The maximum Gasteiger partial charge on any atom is 0.323 e. The Morgan fingerprint density at radius 1 is 1.16 bits per heavy atom. The zero-order chi connectivity index (χ0) is 13.6. The Morgan fingerprint density at radius 3 is 2.05 bits per heavy atom. The highest BCUT2D eigenvalue weighted by Crippen LogP contribution is 2.57. The molecule has 0 unspecified atom stereocenters. The van der Waals surface area contributed by atoms with Crippen LogP contribution in [-0.2, 0) is 9.53 Å². The van der Waals surface area contributed by atoms with E-state index in [0.717, 1.165) is 43.4 Å². The molecule has 108 valence electrons. The minimum absolute atomic E-state index is 0.138. The summed E-state index contributed by atoms with van der Waals surface area (Å²) in [6.07, 6.45) is 8.13. The van der Waals surface area contributed by atoms with Gasteiger partial charge in [-0.1, -0.05) is 13.8 Å². The summed E-state index contributed by atoms with van der Waals surface area (Å²) < 4.78 is 5.95. The molecule has 0 spiro atoms. The molecule has 0 saturated heterocycles. The van der Waals surface area contributed by atoms with Gasteiger partial charge in [0.1, 0.15) is 11.6 Å². The molecule has 19 heavy (non-hydrogen) atoms. The van der Waals surface area contributed by atoms with Gasteiger partial charge in [0, 0.05) is 0 Å². The minimum Gasteiger partial charge on any atom is -0.458 e. The van der Waals surface area contributed by atoms with E-state index in [4.69, 9.17) is 10.5 Å². The van der Waals surface area contributed by atoms with Crippen LogP contribution < -0.4 is 5.73 Å². The van der Waals surface area contributed by atoms with Crippen LogP contribution in [0, 0.1) is 23.7 Å². The van der Waals surface area contributed by atoms with Crippen LogP contribution in [0.3, 0.4) is 0 Å². The monoisotopic (exact) mass is 265 g/mol. The molecule has 4 saturated carbocycles. The second-order valence-corrected chi connectivity index (χ2v) is 7.76. The Kier molecular flexibility index (Phi) is 3.36. The molecule has 0 aliphatic heterocycles. The molecule has 3 nitrogen and oxygen atoms in total. The third kappa shape index (κ3) is 2.67. The molecule has 4 fully saturated rings. The summed E-state index contributed by atoms with van der Waals surface area (Å²) in [6, 6.07) is -0.437. The highest BCUT2D eigenvalue weighted by molar-refractivity contribution is 5.76. The van der Waals surface area contributed by atoms with Crippen molar-refractivity contribution in [2.75, 3.05) is 0 Å². The number of ether oxygens (including phenoxy) is 1. The summed E-state index contributed by atoms with van der Waals surface area (Å²) in [5.41, 5.74) is 5.83. The van der Waals surface area contributed by atoms with Crippen LogP contribution in [0.2, 0.25) is 0 Å². The Morgan fingerprint density at radius 2 is 1.63 bits per heavy atom. The predicted molar refractivity (Wildman–Crippen MR) is 74.4 cm³/mol. The summed E-state index contributed by atoms with van der Waals surface area (Å²) >= 11 is 0. The first-order valence-electron chi connectivity index (χ1n) is 7.94. The van der Waals surface area contributed by atoms with Crippen molar-refractivity contribution in [2.45, 2.75) is 70.4 Å². The lowest BCUT2D eigenvalue weighted by Gasteiger charge is -2.55. The molecule has 4 aliphatic carbocycles. The molecule has 0 amide bonds. The van der Waals surface area contributed by atoms with Crippen molar-refractivity contribution >= 4 is 5.97 Å². The van der Waals surface area contributed by atoms with Crippen molar-refractivity contribution in [3.05, 3.63) is 0 Å². The van der Waals surface area contributed by atoms with Gasteiger partial charge in [0.2, 0.25) is 0 Å². The van der Waals surface area contributed by atoms with Gasteiger partial charge in [-0.15, -0.1) is 0 Å². The van der Waals surface area contributed by atoms with E-state index in [1.54, 1.807) is 0 Å². The zero-order valence-electron chi connectivity index (χ0n) is 12.2. The molecule has 0 aromatic rings. The number of carbonyl (C=O) groups is 1. The van der Waals surface area contributed by atoms with Crippen LogP contribution in [0.15, 0.2) is 0 Å². The van der Waals surface area contributed by atoms with Gasteiger partial charge in [0.15, 0.2) is 0 Å². The number of hydrogen-bond donors (Lipinski definition) is 1. The molecule has 4 bridgehead atoms. The summed E-state index contributed by atoms with van der Waals surface area (Å²) in [4.78, 5) is 12.2. The molecular formula is C16H27NO2. The Balaban J connectivity index is 1.64. The van der Waals surface area contributed by atoms with Crippen LogP contribution in [-0.4, -0.2) is 17.6 Å². The van der Waals surface area contributed by atoms with Crippen molar-refractivity contribution in [2.24, 2.45) is 29.4 Å². The van der Waals surface area contributed by atoms with Crippen LogP contribution in [0.4, 0.5) is 0 Å². The topological polar surface area (TPSA) is 52.3 Å². The summed E-state index contributed by atoms with van der Waals surface area (Å²) in [5.74, 6) is 2.70. The van der Waals surface area contributed by atoms with Crippen molar-refractivity contribution in [3.8, 4) is 0 Å². The number of rotatable bonds is 4. The predicted octanol–water partition coefficient (Wildman–Crippen LogP) is 2.87. The van der Waals surface area contributed by atoms with Crippen LogP contribution in [0.5, 0.6) is 0 Å². The van der Waals surface area contributed by atoms with E-state index in [9.17, 15) is 4.79 Å². The zero-order valence-corrected chi connectivity index (χ0v) is 12.2. The lowest BCUT2D eigenvalue weighted by atomic mass is 9.54. The summed E-state index contributed by atoms with van der Waals surface area (Å²) in [5, 5.41) is 0. The Hall–Kier alpha value is -0.570. The third-order valence-electron chi connectivity index (χ3n) is 5.33. The van der Waals surface area contributed by atoms with Crippen LogP contribution in [0.25, 0.3) is 0 Å². The quantitative estimate of drug-likeness (QED) is 0.795. The normalized spacial score (nSPS) is 41.6. The first-order valence-corrected chi connectivity index (χ1v) is 7.94. The van der Waals surface area contributed by atoms with Crippen LogP contribution >= 0.6 is 0 Å². The van der Waals surface area contributed by atoms with Gasteiger partial charge >= 0.3 is 5.97 Å². The summed E-state index contributed by atoms with van der Waals surface area (Å²) in [6.45, 7) is 4.19. The van der Waals surface area contributed by atoms with E-state index >= 15 is 0 Å². The lowest BCUT2D eigenvalue weighted by molar-refractivity contribution is -0.188. The molecule has 0 aromatic heterocycles. The van der Waals surface area contributed by atoms with E-state index in [1.807, 2.05) is 0 Å². The smallest absolute Gasteiger partial charge is 0.323 e. The lowest BCUT2D eigenvalue weighted by Crippen LogP contribution is -2.54. The van der Waals surface area contributed by atoms with Gasteiger partial charge in [0.25, 0.3) is 0 Å². The maximum absolute atomic E-state index is 12.2. The first kappa shape index (κ1) is 13.4. The van der Waals surface area contributed by atoms with E-state index in [-0.39, 0.29) is 11.6 Å². The SMILES string of the molecule is CC(C)C[C@H](N)C(=O)OC12CC3CC(CC(C3)C1)C2. The number of nitrogens with two attached hydrogens (primary N) is 1. The second-order valence-electron chi connectivity index (χ2n) is 7.76. The van der Waals surface area contributed by atoms with Crippen LogP contribution in [0.1, 0.15) is 58.8 Å². The third-order valence-corrected chi connectivity index (χ3v) is 5.33. The van der Waals surface area contributed by atoms with E-state index in [2.05, 4.69) is 13.8 Å². The molecule has 0 aromatic carbocycles. The minimum atomic E-state index is -0.437. The molecule has 0 heterocycles. The van der Waals surface area contributed by atoms with Gasteiger partial charge in [-0.3, -0.25) is 4.79 Å². The molecule has 1 atom stereocenters. The fourth-order valence-corrected chi connectivity index (χ4v) is 5.05. The van der Waals surface area contributed by atoms with Gasteiger partial charge in [-0.05, 0) is 68.6 Å². The fraction of sp³-hybridized carbons (Fsp3) is 0.938. The highest BCUT2D eigenvalue weighted by Gasteiger charge is 2.53.